The van der Waals surface area contributed by atoms with Gasteiger partial charge in [0.05, 0.1) is 21.7 Å². The van der Waals surface area contributed by atoms with Gasteiger partial charge in [0.15, 0.2) is 0 Å². The number of ether oxygens (including phenoxy) is 1. The van der Waals surface area contributed by atoms with Crippen molar-refractivity contribution in [1.29, 1.82) is 0 Å². The first-order chi connectivity index (χ1) is 13.3. The van der Waals surface area contributed by atoms with E-state index in [1.54, 1.807) is 0 Å². The molecule has 0 atom stereocenters. The van der Waals surface area contributed by atoms with E-state index in [1.165, 1.54) is 0 Å². The number of hydrogen-bond acceptors (Lipinski definition) is 2. The molecule has 1 N–H and O–H groups in total. The van der Waals surface area contributed by atoms with Gasteiger partial charge in [-0.25, -0.2) is 0 Å². The molecular formula is C13H14BrNO2. The van der Waals surface area contributed by atoms with E-state index in [1.807, 2.05) is 0 Å². The molecule has 1 aromatic carbocycles. The van der Waals surface area contributed by atoms with Gasteiger partial charge in [-0.05, 0) is 36.3 Å². The highest BCUT2D eigenvalue weighted by Gasteiger charge is 1.98. The monoisotopic (exact) mass is 308 g/mol. The van der Waals surface area contributed by atoms with Crippen molar-refractivity contribution >= 4 is 26.8 Å². The first kappa shape index (κ1) is 3.85. The zero-order valence-electron chi connectivity index (χ0n) is 21.2. The molecule has 17 heavy (non-hydrogen) atoms. The number of aromatic nitrogens is 1. The minimum absolute atomic E-state index is 0.447. The molecule has 2 rings (SSSR count). The molecule has 0 radical (unpaired) electrons. The van der Waals surface area contributed by atoms with Gasteiger partial charge >= 0.3 is 0 Å². The van der Waals surface area contributed by atoms with Gasteiger partial charge in [0.1, 0.15) is 5.75 Å². The number of alkyl halides is 1. The summed E-state index contributed by atoms with van der Waals surface area (Å²) in [6, 6.07) is -4.22. The van der Waals surface area contributed by atoms with Crippen molar-refractivity contribution in [2.45, 2.75) is 12.7 Å². The summed E-state index contributed by atoms with van der Waals surface area (Å²) in [6.45, 7) is -3.65. The number of pyridine rings is 1. The van der Waals surface area contributed by atoms with Crippen LogP contribution in [0.15, 0.2) is 35.0 Å². The molecule has 1 aromatic heterocycles. The molecule has 3 nitrogen and oxygen atoms in total. The smallest absolute Gasteiger partial charge is 0.248 e. The summed E-state index contributed by atoms with van der Waals surface area (Å²) in [5.41, 5.74) is -1.61. The fourth-order valence-corrected chi connectivity index (χ4v) is 1.12. The summed E-state index contributed by atoms with van der Waals surface area (Å²) < 4.78 is 106. The summed E-state index contributed by atoms with van der Waals surface area (Å²) in [5, 5.41) is -3.48. The van der Waals surface area contributed by atoms with Gasteiger partial charge in [-0.2, -0.15) is 0 Å². The van der Waals surface area contributed by atoms with Gasteiger partial charge in [-0.3, -0.25) is 4.79 Å². The van der Waals surface area contributed by atoms with Crippen LogP contribution >= 0.6 is 15.9 Å². The van der Waals surface area contributed by atoms with E-state index in [-0.39, 0.29) is 0 Å². The molecule has 0 unspecified atom stereocenters. The van der Waals surface area contributed by atoms with Gasteiger partial charge in [0.25, 0.3) is 0 Å². The molecular weight excluding hydrogens is 282 g/mol. The first-order valence-electron chi connectivity index (χ1n) is 10.8. The Morgan fingerprint density at radius 1 is 1.35 bits per heavy atom. The highest BCUT2D eigenvalue weighted by atomic mass is 79.9. The number of H-pyrrole nitrogens is 1. The number of benzene rings is 1. The molecule has 0 saturated carbocycles. The van der Waals surface area contributed by atoms with Crippen molar-refractivity contribution in [3.8, 4) is 5.75 Å². The Labute approximate surface area is 126 Å². The molecule has 1 heterocycles. The van der Waals surface area contributed by atoms with Crippen LogP contribution in [0.5, 0.6) is 5.75 Å². The molecule has 0 aliphatic rings. The molecule has 90 valence electrons. The average molecular weight is 309 g/mol. The fraction of sp³-hybridized carbons (Fsp3) is 0.308. The summed E-state index contributed by atoms with van der Waals surface area (Å²) >= 11 is 2.32. The van der Waals surface area contributed by atoms with E-state index >= 15 is 0 Å². The van der Waals surface area contributed by atoms with Crippen molar-refractivity contribution in [2.24, 2.45) is 0 Å². The third kappa shape index (κ3) is 3.33. The summed E-state index contributed by atoms with van der Waals surface area (Å²) in [6.07, 6.45) is -7.18. The predicted octanol–water partition coefficient (Wildman–Crippen LogP) is 3.08. The van der Waals surface area contributed by atoms with Crippen LogP contribution in [-0.4, -0.2) is 16.8 Å². The van der Waals surface area contributed by atoms with Gasteiger partial charge < -0.3 is 9.72 Å². The van der Waals surface area contributed by atoms with Crippen molar-refractivity contribution in [3.63, 3.8) is 0 Å². The maximum absolute atomic E-state index is 11.8. The van der Waals surface area contributed by atoms with Gasteiger partial charge in [0, 0.05) is 25.6 Å². The van der Waals surface area contributed by atoms with Crippen molar-refractivity contribution < 1.29 is 22.6 Å². The number of nitrogens with one attached hydrogen (secondary N) is 1. The van der Waals surface area contributed by atoms with Crippen molar-refractivity contribution in [2.75, 3.05) is 11.8 Å². The second kappa shape index (κ2) is 5.87. The van der Waals surface area contributed by atoms with Crippen LogP contribution in [0, 0.1) is 0 Å². The van der Waals surface area contributed by atoms with Gasteiger partial charge in [-0.15, -0.1) is 0 Å². The van der Waals surface area contributed by atoms with E-state index in [0.29, 0.717) is 0 Å². The lowest BCUT2D eigenvalue weighted by Crippen LogP contribution is -2.03. The second-order valence-electron chi connectivity index (χ2n) is 2.71. The molecule has 0 fully saturated rings. The summed E-state index contributed by atoms with van der Waals surface area (Å²) in [4.78, 5) is 13.8. The fourth-order valence-electron chi connectivity index (χ4n) is 1.02. The lowest BCUT2D eigenvalue weighted by molar-refractivity contribution is 0.310. The molecule has 4 heteroatoms. The Kier molecular flexibility index (Phi) is 1.33. The quantitative estimate of drug-likeness (QED) is 0.863. The number of halogens is 1. The predicted molar refractivity (Wildman–Crippen MR) is 73.1 cm³/mol. The maximum atomic E-state index is 11.8. The van der Waals surface area contributed by atoms with Crippen LogP contribution < -0.4 is 10.3 Å². The molecule has 2 aromatic rings. The summed E-state index contributed by atoms with van der Waals surface area (Å²) in [5.74, 6) is -1.03. The van der Waals surface area contributed by atoms with E-state index in [4.69, 9.17) is 22.6 Å². The zero-order chi connectivity index (χ0) is 23.6. The molecule has 0 spiro atoms. The largest absolute Gasteiger partial charge is 0.494 e. The SMILES string of the molecule is [2H]c1c(OC([2H])([2H])C([2H])([2H])C([2H])([2H])C([2H])([2H])Br)c([2H])c2[nH]c(=O)c([2H])c([2H])c2c1[2H]. The zero-order valence-corrected chi connectivity index (χ0v) is 9.78. The van der Waals surface area contributed by atoms with Crippen LogP contribution in [0.25, 0.3) is 10.9 Å². The number of hydrogen-bond donors (Lipinski definition) is 1. The van der Waals surface area contributed by atoms with E-state index in [2.05, 4.69) is 20.9 Å². The summed E-state index contributed by atoms with van der Waals surface area (Å²) in [7, 11) is 0. The van der Waals surface area contributed by atoms with Crippen molar-refractivity contribution in [3.05, 3.63) is 40.6 Å². The maximum Gasteiger partial charge on any atom is 0.248 e. The van der Waals surface area contributed by atoms with Gasteiger partial charge in [0.2, 0.25) is 5.56 Å². The lowest BCUT2D eigenvalue weighted by Gasteiger charge is -2.06. The highest BCUT2D eigenvalue weighted by molar-refractivity contribution is 9.09. The number of fused-ring (bicyclic) bond motifs is 1. The molecule has 0 saturated heterocycles. The van der Waals surface area contributed by atoms with Crippen LogP contribution in [0.1, 0.15) is 30.6 Å². The molecule has 0 bridgehead atoms. The van der Waals surface area contributed by atoms with Crippen LogP contribution in [0.2, 0.25) is 0 Å². The third-order valence-corrected chi connectivity index (χ3v) is 1.84. The lowest BCUT2D eigenvalue weighted by atomic mass is 10.2. The second-order valence-corrected chi connectivity index (χ2v) is 3.10. The number of aromatic amines is 1. The molecule has 0 aliphatic carbocycles. The Bertz CT molecular complexity index is 1080. The third-order valence-electron chi connectivity index (χ3n) is 1.64. The van der Waals surface area contributed by atoms with Crippen LogP contribution in [0.4, 0.5) is 0 Å². The highest BCUT2D eigenvalue weighted by Crippen LogP contribution is 2.18. The Morgan fingerprint density at radius 2 is 2.18 bits per heavy atom. The standard InChI is InChI=1S/C13H14BrNO2/c14-7-1-2-8-17-11-5-3-10-4-6-13(16)15-12(10)9-11/h3-6,9H,1-2,7-8H2,(H,15,16)/i1D2,2D2,3D,4D,5D,6D,7D2,8D2,9D. The average Bonchev–Trinajstić information content (AvgIpc) is 2.59. The Balaban J connectivity index is 2.76. The van der Waals surface area contributed by atoms with Crippen LogP contribution in [-0.2, 0) is 0 Å². The van der Waals surface area contributed by atoms with E-state index < -0.39 is 77.0 Å². The van der Waals surface area contributed by atoms with E-state index in [0.717, 1.165) is 0 Å². The van der Waals surface area contributed by atoms with Crippen molar-refractivity contribution in [1.82, 2.24) is 4.98 Å². The molecule has 0 amide bonds. The normalized spacial score (nSPS) is 25.1. The Morgan fingerprint density at radius 3 is 3.00 bits per heavy atom. The van der Waals surface area contributed by atoms with Gasteiger partial charge in [-0.1, -0.05) is 15.9 Å². The number of rotatable bonds is 5. The van der Waals surface area contributed by atoms with E-state index in [9.17, 15) is 4.79 Å². The van der Waals surface area contributed by atoms with Crippen LogP contribution in [0.3, 0.4) is 0 Å². The first-order valence-corrected chi connectivity index (χ1v) is 5.09. The Hall–Kier alpha value is -1.29. The minimum Gasteiger partial charge on any atom is -0.494 e. The topological polar surface area (TPSA) is 42.1 Å². The molecule has 0 aliphatic heterocycles. The minimum atomic E-state index is -3.68.